The second-order valence-corrected chi connectivity index (χ2v) is 7.56. The summed E-state index contributed by atoms with van der Waals surface area (Å²) < 4.78 is 23.3. The van der Waals surface area contributed by atoms with E-state index in [0.29, 0.717) is 16.5 Å². The Morgan fingerprint density at radius 3 is 2.71 bits per heavy atom. The smallest absolute Gasteiger partial charge is 0.412 e. The van der Waals surface area contributed by atoms with Crippen molar-refractivity contribution in [3.05, 3.63) is 70.6 Å². The number of aromatic nitrogens is 1. The monoisotopic (exact) mass is 488 g/mol. The van der Waals surface area contributed by atoms with Crippen molar-refractivity contribution in [3.63, 3.8) is 0 Å². The molecule has 2 N–H and O–H groups in total. The van der Waals surface area contributed by atoms with E-state index in [9.17, 15) is 18.8 Å². The van der Waals surface area contributed by atoms with Crippen LogP contribution in [-0.2, 0) is 16.0 Å². The Morgan fingerprint density at radius 2 is 1.94 bits per heavy atom. The minimum Gasteiger partial charge on any atom is -0.465 e. The molecule has 9 nitrogen and oxygen atoms in total. The summed E-state index contributed by atoms with van der Waals surface area (Å²) in [6.07, 6.45) is 0.797. The lowest BCUT2D eigenvalue weighted by atomic mass is 10.1. The molecular formula is C23H22ClFN4O5. The summed E-state index contributed by atoms with van der Waals surface area (Å²) >= 11 is 5.87. The van der Waals surface area contributed by atoms with Gasteiger partial charge in [-0.2, -0.15) is 0 Å². The van der Waals surface area contributed by atoms with Crippen molar-refractivity contribution in [2.45, 2.75) is 6.54 Å². The number of urea groups is 1. The number of nitrogens with one attached hydrogen (secondary N) is 2. The number of amides is 3. The number of hydrogen-bond donors (Lipinski definition) is 2. The van der Waals surface area contributed by atoms with Gasteiger partial charge in [0.2, 0.25) is 0 Å². The summed E-state index contributed by atoms with van der Waals surface area (Å²) in [7, 11) is 2.82. The maximum absolute atomic E-state index is 13.5. The molecule has 0 aliphatic heterocycles. The molecule has 0 aliphatic rings. The second-order valence-electron chi connectivity index (χ2n) is 7.18. The fourth-order valence-corrected chi connectivity index (χ4v) is 3.16. The molecule has 0 unspecified atom stereocenters. The summed E-state index contributed by atoms with van der Waals surface area (Å²) in [5, 5.41) is 6.53. The van der Waals surface area contributed by atoms with Crippen LogP contribution in [0, 0.1) is 5.82 Å². The lowest BCUT2D eigenvalue weighted by Crippen LogP contribution is -2.39. The SMILES string of the molecule is COC(=O)c1ccc2cnc(NC(=O)OCCN(C)C(=O)NCc3cccc(F)c3Cl)cc2c1. The van der Waals surface area contributed by atoms with Gasteiger partial charge in [0, 0.05) is 25.2 Å². The number of carbonyl (C=O) groups excluding carboxylic acids is 3. The molecule has 0 atom stereocenters. The zero-order chi connectivity index (χ0) is 24.7. The Balaban J connectivity index is 1.47. The van der Waals surface area contributed by atoms with Crippen LogP contribution in [0.3, 0.4) is 0 Å². The fourth-order valence-electron chi connectivity index (χ4n) is 2.96. The van der Waals surface area contributed by atoms with Crippen molar-refractivity contribution in [1.82, 2.24) is 15.2 Å². The van der Waals surface area contributed by atoms with Gasteiger partial charge < -0.3 is 19.7 Å². The molecule has 3 amide bonds. The minimum absolute atomic E-state index is 0.0470. The van der Waals surface area contributed by atoms with E-state index in [1.165, 1.54) is 31.2 Å². The van der Waals surface area contributed by atoms with Crippen molar-refractivity contribution in [2.75, 3.05) is 32.6 Å². The first-order valence-corrected chi connectivity index (χ1v) is 10.5. The Kier molecular flexibility index (Phi) is 8.20. The van der Waals surface area contributed by atoms with E-state index >= 15 is 0 Å². The number of ether oxygens (including phenoxy) is 2. The molecule has 0 bridgehead atoms. The molecule has 1 heterocycles. The van der Waals surface area contributed by atoms with Gasteiger partial charge in [-0.1, -0.05) is 29.8 Å². The largest absolute Gasteiger partial charge is 0.465 e. The maximum atomic E-state index is 13.5. The number of carbonyl (C=O) groups is 3. The first kappa shape index (κ1) is 24.7. The maximum Gasteiger partial charge on any atom is 0.412 e. The zero-order valence-corrected chi connectivity index (χ0v) is 19.2. The van der Waals surface area contributed by atoms with Gasteiger partial charge in [-0.3, -0.25) is 5.32 Å². The van der Waals surface area contributed by atoms with Crippen LogP contribution < -0.4 is 10.6 Å². The number of nitrogens with zero attached hydrogens (tertiary/aromatic N) is 2. The van der Waals surface area contributed by atoms with Gasteiger partial charge in [-0.05, 0) is 35.2 Å². The van der Waals surface area contributed by atoms with Crippen LogP contribution in [0.1, 0.15) is 15.9 Å². The van der Waals surface area contributed by atoms with Crippen molar-refractivity contribution >= 4 is 46.3 Å². The number of likely N-dealkylation sites (N-methyl/N-ethyl adjacent to an activating group) is 1. The third-order valence-electron chi connectivity index (χ3n) is 4.84. The van der Waals surface area contributed by atoms with Gasteiger partial charge in [-0.15, -0.1) is 0 Å². The number of methoxy groups -OCH3 is 1. The molecule has 178 valence electrons. The number of esters is 1. The molecule has 2 aromatic carbocycles. The Bertz CT molecular complexity index is 1220. The molecule has 3 aromatic rings. The lowest BCUT2D eigenvalue weighted by Gasteiger charge is -2.18. The number of fused-ring (bicyclic) bond motifs is 1. The Hall–Kier alpha value is -3.92. The average molecular weight is 489 g/mol. The summed E-state index contributed by atoms with van der Waals surface area (Å²) in [4.78, 5) is 41.4. The van der Waals surface area contributed by atoms with Crippen molar-refractivity contribution in [1.29, 1.82) is 0 Å². The molecule has 0 radical (unpaired) electrons. The molecule has 1 aromatic heterocycles. The highest BCUT2D eigenvalue weighted by atomic mass is 35.5. The molecule has 0 spiro atoms. The van der Waals surface area contributed by atoms with E-state index in [0.717, 1.165) is 5.39 Å². The minimum atomic E-state index is -0.753. The van der Waals surface area contributed by atoms with Crippen LogP contribution in [0.5, 0.6) is 0 Å². The predicted octanol–water partition coefficient (Wildman–Crippen LogP) is 4.20. The average Bonchev–Trinajstić information content (AvgIpc) is 2.83. The Morgan fingerprint density at radius 1 is 1.15 bits per heavy atom. The molecule has 11 heteroatoms. The zero-order valence-electron chi connectivity index (χ0n) is 18.4. The summed E-state index contributed by atoms with van der Waals surface area (Å²) in [6.45, 7) is 0.0900. The van der Waals surface area contributed by atoms with Gasteiger partial charge in [0.25, 0.3) is 0 Å². The number of rotatable bonds is 7. The normalized spacial score (nSPS) is 10.5. The molecule has 0 aliphatic carbocycles. The summed E-state index contributed by atoms with van der Waals surface area (Å²) in [5.74, 6) is -0.802. The highest BCUT2D eigenvalue weighted by Gasteiger charge is 2.13. The Labute approximate surface area is 199 Å². The first-order valence-electron chi connectivity index (χ1n) is 10.1. The van der Waals surface area contributed by atoms with E-state index in [4.69, 9.17) is 21.1 Å². The van der Waals surface area contributed by atoms with Crippen LogP contribution in [0.4, 0.5) is 19.8 Å². The number of halogens is 2. The van der Waals surface area contributed by atoms with E-state index in [1.807, 2.05) is 0 Å². The molecule has 0 saturated heterocycles. The highest BCUT2D eigenvalue weighted by molar-refractivity contribution is 6.31. The molecular weight excluding hydrogens is 467 g/mol. The summed E-state index contributed by atoms with van der Waals surface area (Å²) in [5.41, 5.74) is 0.816. The number of pyridine rings is 1. The van der Waals surface area contributed by atoms with Crippen LogP contribution in [0.2, 0.25) is 5.02 Å². The molecule has 3 rings (SSSR count). The van der Waals surface area contributed by atoms with Crippen LogP contribution in [0.15, 0.2) is 48.7 Å². The van der Waals surface area contributed by atoms with Gasteiger partial charge in [-0.25, -0.2) is 23.8 Å². The lowest BCUT2D eigenvalue weighted by molar-refractivity contribution is 0.0601. The third-order valence-corrected chi connectivity index (χ3v) is 5.26. The van der Waals surface area contributed by atoms with Gasteiger partial charge in [0.05, 0.1) is 24.2 Å². The van der Waals surface area contributed by atoms with Crippen molar-refractivity contribution in [2.24, 2.45) is 0 Å². The topological polar surface area (TPSA) is 110 Å². The van der Waals surface area contributed by atoms with E-state index in [-0.39, 0.29) is 30.5 Å². The summed E-state index contributed by atoms with van der Waals surface area (Å²) in [6, 6.07) is 10.5. The predicted molar refractivity (Wildman–Crippen MR) is 124 cm³/mol. The molecule has 0 fully saturated rings. The number of hydrogen-bond acceptors (Lipinski definition) is 6. The van der Waals surface area contributed by atoms with Crippen molar-refractivity contribution in [3.8, 4) is 0 Å². The third kappa shape index (κ3) is 6.32. The van der Waals surface area contributed by atoms with E-state index in [1.54, 1.807) is 36.5 Å². The van der Waals surface area contributed by atoms with E-state index in [2.05, 4.69) is 15.6 Å². The van der Waals surface area contributed by atoms with Gasteiger partial charge in [0.1, 0.15) is 18.2 Å². The van der Waals surface area contributed by atoms with Gasteiger partial charge >= 0.3 is 18.1 Å². The number of anilines is 1. The van der Waals surface area contributed by atoms with E-state index < -0.39 is 23.9 Å². The second kappa shape index (κ2) is 11.3. The van der Waals surface area contributed by atoms with Crippen LogP contribution in [-0.4, -0.2) is 55.3 Å². The van der Waals surface area contributed by atoms with Crippen LogP contribution in [0.25, 0.3) is 10.8 Å². The standard InChI is InChI=1S/C23H22ClFN4O5/c1-29(22(31)27-13-16-4-3-5-18(25)20(16)24)8-9-34-23(32)28-19-11-17-10-14(21(30)33-2)6-7-15(17)12-26-19/h3-7,10-12H,8-9,13H2,1-2H3,(H,27,31)(H,26,28,32). The highest BCUT2D eigenvalue weighted by Crippen LogP contribution is 2.20. The first-order chi connectivity index (χ1) is 16.3. The van der Waals surface area contributed by atoms with Crippen molar-refractivity contribution < 1.29 is 28.2 Å². The van der Waals surface area contributed by atoms with Gasteiger partial charge in [0.15, 0.2) is 0 Å². The fraction of sp³-hybridized carbons (Fsp3) is 0.217. The number of benzene rings is 2. The molecule has 34 heavy (non-hydrogen) atoms. The van der Waals surface area contributed by atoms with Crippen LogP contribution >= 0.6 is 11.6 Å². The quantitative estimate of drug-likeness (QED) is 0.482. The molecule has 0 saturated carbocycles.